The van der Waals surface area contributed by atoms with E-state index >= 15 is 0 Å². The monoisotopic (exact) mass is 320 g/mol. The molecule has 24 heavy (non-hydrogen) atoms. The van der Waals surface area contributed by atoms with Gasteiger partial charge in [0, 0.05) is 55.7 Å². The first-order valence-electron chi connectivity index (χ1n) is 8.37. The maximum atomic E-state index is 4.93. The molecule has 122 valence electrons. The van der Waals surface area contributed by atoms with E-state index in [1.165, 1.54) is 5.56 Å². The molecule has 0 bridgehead atoms. The zero-order chi connectivity index (χ0) is 16.4. The fraction of sp³-hybridized carbons (Fsp3) is 0.333. The van der Waals surface area contributed by atoms with E-state index in [1.54, 1.807) is 12.4 Å². The minimum absolute atomic E-state index is 0.730. The molecular formula is C18H20N6. The van der Waals surface area contributed by atoms with E-state index in [-0.39, 0.29) is 0 Å². The van der Waals surface area contributed by atoms with Gasteiger partial charge in [-0.3, -0.25) is 9.97 Å². The second kappa shape index (κ2) is 6.49. The lowest BCUT2D eigenvalue weighted by molar-refractivity contribution is 0.586. The topological polar surface area (TPSA) is 66.8 Å². The van der Waals surface area contributed by atoms with Crippen LogP contribution in [0.5, 0.6) is 0 Å². The van der Waals surface area contributed by atoms with E-state index in [1.807, 2.05) is 24.5 Å². The SMILES string of the molecule is CCc1cncc2nc(-c3ccncc3)nc(N3CCNCC3)c12. The summed E-state index contributed by atoms with van der Waals surface area (Å²) in [7, 11) is 0. The first-order valence-corrected chi connectivity index (χ1v) is 8.37. The highest BCUT2D eigenvalue weighted by Crippen LogP contribution is 2.30. The molecule has 6 heteroatoms. The molecule has 1 aliphatic rings. The van der Waals surface area contributed by atoms with Crippen molar-refractivity contribution in [3.63, 3.8) is 0 Å². The van der Waals surface area contributed by atoms with Gasteiger partial charge in [-0.1, -0.05) is 6.92 Å². The molecule has 4 rings (SSSR count). The van der Waals surface area contributed by atoms with Gasteiger partial charge in [0.15, 0.2) is 5.82 Å². The molecule has 0 unspecified atom stereocenters. The summed E-state index contributed by atoms with van der Waals surface area (Å²) in [6.45, 7) is 6.00. The predicted molar refractivity (Wildman–Crippen MR) is 95.0 cm³/mol. The normalized spacial score (nSPS) is 15.0. The van der Waals surface area contributed by atoms with Crippen LogP contribution in [0.3, 0.4) is 0 Å². The molecule has 3 aromatic rings. The Balaban J connectivity index is 1.94. The van der Waals surface area contributed by atoms with Crippen LogP contribution >= 0.6 is 0 Å². The third-order valence-corrected chi connectivity index (χ3v) is 4.40. The van der Waals surface area contributed by atoms with Crippen molar-refractivity contribution >= 4 is 16.7 Å². The average molecular weight is 320 g/mol. The molecule has 0 atom stereocenters. The number of aromatic nitrogens is 4. The molecule has 1 N–H and O–H groups in total. The Hall–Kier alpha value is -2.60. The molecule has 0 aliphatic carbocycles. The minimum atomic E-state index is 0.730. The Bertz CT molecular complexity index is 843. The fourth-order valence-corrected chi connectivity index (χ4v) is 3.13. The van der Waals surface area contributed by atoms with Crippen molar-refractivity contribution in [2.75, 3.05) is 31.1 Å². The Kier molecular flexibility index (Phi) is 4.04. The Morgan fingerprint density at radius 1 is 1.04 bits per heavy atom. The van der Waals surface area contributed by atoms with Gasteiger partial charge in [0.25, 0.3) is 0 Å². The van der Waals surface area contributed by atoms with E-state index in [9.17, 15) is 0 Å². The zero-order valence-electron chi connectivity index (χ0n) is 13.7. The quantitative estimate of drug-likeness (QED) is 0.797. The third kappa shape index (κ3) is 2.69. The number of fused-ring (bicyclic) bond motifs is 1. The van der Waals surface area contributed by atoms with Crippen LogP contribution in [0.1, 0.15) is 12.5 Å². The van der Waals surface area contributed by atoms with Gasteiger partial charge >= 0.3 is 0 Å². The second-order valence-corrected chi connectivity index (χ2v) is 5.89. The van der Waals surface area contributed by atoms with Crippen LogP contribution in [-0.2, 0) is 6.42 Å². The molecule has 1 aliphatic heterocycles. The number of nitrogens with zero attached hydrogens (tertiary/aromatic N) is 5. The average Bonchev–Trinajstić information content (AvgIpc) is 2.68. The first-order chi connectivity index (χ1) is 11.9. The van der Waals surface area contributed by atoms with Crippen LogP contribution in [0.2, 0.25) is 0 Å². The van der Waals surface area contributed by atoms with E-state index in [2.05, 4.69) is 27.1 Å². The van der Waals surface area contributed by atoms with Gasteiger partial charge < -0.3 is 10.2 Å². The number of anilines is 1. The van der Waals surface area contributed by atoms with Gasteiger partial charge in [-0.2, -0.15) is 0 Å². The maximum absolute atomic E-state index is 4.93. The van der Waals surface area contributed by atoms with Crippen molar-refractivity contribution < 1.29 is 0 Å². The largest absolute Gasteiger partial charge is 0.353 e. The van der Waals surface area contributed by atoms with Gasteiger partial charge in [-0.05, 0) is 24.1 Å². The molecule has 6 nitrogen and oxygen atoms in total. The molecule has 3 aromatic heterocycles. The highest BCUT2D eigenvalue weighted by Gasteiger charge is 2.19. The van der Waals surface area contributed by atoms with Crippen molar-refractivity contribution in [3.05, 3.63) is 42.5 Å². The number of hydrogen-bond donors (Lipinski definition) is 1. The van der Waals surface area contributed by atoms with E-state index in [0.29, 0.717) is 0 Å². The van der Waals surface area contributed by atoms with Crippen molar-refractivity contribution in [2.24, 2.45) is 0 Å². The predicted octanol–water partition coefficient (Wildman–Crippen LogP) is 2.06. The van der Waals surface area contributed by atoms with E-state index in [0.717, 1.165) is 60.7 Å². The highest BCUT2D eigenvalue weighted by molar-refractivity contribution is 5.93. The number of pyridine rings is 2. The van der Waals surface area contributed by atoms with Crippen molar-refractivity contribution in [1.29, 1.82) is 0 Å². The van der Waals surface area contributed by atoms with E-state index in [4.69, 9.17) is 9.97 Å². The molecule has 1 fully saturated rings. The summed E-state index contributed by atoms with van der Waals surface area (Å²) in [5.41, 5.74) is 3.08. The summed E-state index contributed by atoms with van der Waals surface area (Å²) < 4.78 is 0. The molecule has 0 saturated carbocycles. The zero-order valence-corrected chi connectivity index (χ0v) is 13.7. The smallest absolute Gasteiger partial charge is 0.162 e. The van der Waals surface area contributed by atoms with Gasteiger partial charge in [0.05, 0.1) is 11.7 Å². The highest BCUT2D eigenvalue weighted by atomic mass is 15.2. The van der Waals surface area contributed by atoms with Crippen LogP contribution in [0.4, 0.5) is 5.82 Å². The van der Waals surface area contributed by atoms with Crippen LogP contribution in [0.15, 0.2) is 36.9 Å². The minimum Gasteiger partial charge on any atom is -0.353 e. The summed E-state index contributed by atoms with van der Waals surface area (Å²) in [6, 6.07) is 3.89. The molecule has 0 aromatic carbocycles. The molecular weight excluding hydrogens is 300 g/mol. The summed E-state index contributed by atoms with van der Waals surface area (Å²) in [6.07, 6.45) is 8.24. The summed E-state index contributed by atoms with van der Waals surface area (Å²) in [4.78, 5) is 20.5. The summed E-state index contributed by atoms with van der Waals surface area (Å²) in [5, 5.41) is 4.53. The Morgan fingerprint density at radius 2 is 1.83 bits per heavy atom. The van der Waals surface area contributed by atoms with Crippen LogP contribution in [0.25, 0.3) is 22.3 Å². The van der Waals surface area contributed by atoms with Crippen molar-refractivity contribution in [3.8, 4) is 11.4 Å². The van der Waals surface area contributed by atoms with Crippen molar-refractivity contribution in [1.82, 2.24) is 25.3 Å². The molecule has 0 spiro atoms. The Morgan fingerprint density at radius 3 is 2.58 bits per heavy atom. The number of piperazine rings is 1. The number of hydrogen-bond acceptors (Lipinski definition) is 6. The fourth-order valence-electron chi connectivity index (χ4n) is 3.13. The van der Waals surface area contributed by atoms with Crippen LogP contribution in [-0.4, -0.2) is 46.1 Å². The van der Waals surface area contributed by atoms with Crippen LogP contribution in [0, 0.1) is 0 Å². The number of aryl methyl sites for hydroxylation is 1. The standard InChI is InChI=1S/C18H20N6/c1-2-13-11-21-12-15-16(13)18(24-9-7-20-8-10-24)23-17(22-15)14-3-5-19-6-4-14/h3-6,11-12,20H,2,7-10H2,1H3. The second-order valence-electron chi connectivity index (χ2n) is 5.89. The molecule has 0 radical (unpaired) electrons. The molecule has 0 amide bonds. The van der Waals surface area contributed by atoms with Gasteiger partial charge in [0.2, 0.25) is 0 Å². The molecule has 1 saturated heterocycles. The van der Waals surface area contributed by atoms with Gasteiger partial charge in [0.1, 0.15) is 5.82 Å². The number of nitrogens with one attached hydrogen (secondary N) is 1. The number of rotatable bonds is 3. The van der Waals surface area contributed by atoms with E-state index < -0.39 is 0 Å². The summed E-state index contributed by atoms with van der Waals surface area (Å²) in [5.74, 6) is 1.75. The third-order valence-electron chi connectivity index (χ3n) is 4.40. The Labute approximate surface area is 141 Å². The van der Waals surface area contributed by atoms with Gasteiger partial charge in [-0.25, -0.2) is 9.97 Å². The van der Waals surface area contributed by atoms with Crippen LogP contribution < -0.4 is 10.2 Å². The maximum Gasteiger partial charge on any atom is 0.162 e. The lowest BCUT2D eigenvalue weighted by Crippen LogP contribution is -2.44. The van der Waals surface area contributed by atoms with Gasteiger partial charge in [-0.15, -0.1) is 0 Å². The molecule has 4 heterocycles. The first kappa shape index (κ1) is 15.0. The lowest BCUT2D eigenvalue weighted by atomic mass is 10.1. The lowest BCUT2D eigenvalue weighted by Gasteiger charge is -2.30. The summed E-state index contributed by atoms with van der Waals surface area (Å²) >= 11 is 0. The van der Waals surface area contributed by atoms with Crippen molar-refractivity contribution in [2.45, 2.75) is 13.3 Å².